The number of ketones is 3. The molecule has 0 aliphatic carbocycles. The summed E-state index contributed by atoms with van der Waals surface area (Å²) < 4.78 is 0. The molecule has 0 saturated carbocycles. The van der Waals surface area contributed by atoms with Crippen LogP contribution >= 0.6 is 0 Å². The van der Waals surface area contributed by atoms with Crippen LogP contribution in [-0.4, -0.2) is 46.3 Å². The largest absolute Gasteiger partial charge is 0.300 e. The third kappa shape index (κ3) is 17.5. The standard InChI is InChI=1S/C11H14O.C10H17NO.C9H11N3O.C2H6/c1-9-4-3-5-11(8-9)7-6-10(2)12;1-7(2)9(4)11-6-8(3)10(5)12;1-6-8(4-10-3)9(7(2)13)12-5-11-6;1-2/h3-5,8H,6-7H2,1-2H3;6-7H,1-5H3;4-5H,1-3H3;1-2H3/b;8-6+,11-9?;;. The summed E-state index contributed by atoms with van der Waals surface area (Å²) in [6, 6.07) is 8.29. The second-order valence-corrected chi connectivity index (χ2v) is 9.15. The second-order valence-electron chi connectivity index (χ2n) is 9.15. The normalized spacial score (nSPS) is 11.0. The van der Waals surface area contributed by atoms with Crippen LogP contribution in [0, 0.1) is 19.8 Å². The zero-order chi connectivity index (χ0) is 30.5. The molecule has 0 bridgehead atoms. The van der Waals surface area contributed by atoms with Crippen LogP contribution in [-0.2, 0) is 16.0 Å². The highest BCUT2D eigenvalue weighted by Gasteiger charge is 2.09. The van der Waals surface area contributed by atoms with Gasteiger partial charge in [0, 0.05) is 49.7 Å². The molecule has 0 spiro atoms. The van der Waals surface area contributed by atoms with Crippen LogP contribution in [0.25, 0.3) is 0 Å². The van der Waals surface area contributed by atoms with Crippen LogP contribution in [0.15, 0.2) is 52.4 Å². The van der Waals surface area contributed by atoms with Gasteiger partial charge in [0.25, 0.3) is 0 Å². The first-order valence-corrected chi connectivity index (χ1v) is 13.3. The van der Waals surface area contributed by atoms with Crippen molar-refractivity contribution in [1.82, 2.24) is 9.97 Å². The van der Waals surface area contributed by atoms with E-state index < -0.39 is 0 Å². The third-order valence-corrected chi connectivity index (χ3v) is 5.38. The van der Waals surface area contributed by atoms with E-state index in [1.165, 1.54) is 24.4 Å². The summed E-state index contributed by atoms with van der Waals surface area (Å²) >= 11 is 0. The highest BCUT2D eigenvalue weighted by Crippen LogP contribution is 2.07. The maximum atomic E-state index is 11.1. The second kappa shape index (κ2) is 21.3. The van der Waals surface area contributed by atoms with Crippen molar-refractivity contribution in [3.05, 3.63) is 70.4 Å². The molecule has 7 nitrogen and oxygen atoms in total. The molecular weight excluding hydrogens is 488 g/mol. The quantitative estimate of drug-likeness (QED) is 0.202. The van der Waals surface area contributed by atoms with Gasteiger partial charge < -0.3 is 4.79 Å². The van der Waals surface area contributed by atoms with Gasteiger partial charge in [0.1, 0.15) is 17.8 Å². The Bertz CT molecular complexity index is 1150. The summed E-state index contributed by atoms with van der Waals surface area (Å²) in [6.45, 7) is 20.5. The topological polar surface area (TPSA) is 102 Å². The molecule has 0 saturated heterocycles. The first-order valence-electron chi connectivity index (χ1n) is 13.3. The average molecular weight is 537 g/mol. The Morgan fingerprint density at radius 2 is 1.59 bits per heavy atom. The Balaban J connectivity index is 0. The molecule has 2 rings (SSSR count). The average Bonchev–Trinajstić information content (AvgIpc) is 2.88. The van der Waals surface area contributed by atoms with Crippen LogP contribution in [0.3, 0.4) is 0 Å². The molecular formula is C32H48N4O3. The van der Waals surface area contributed by atoms with Crippen molar-refractivity contribution in [3.63, 3.8) is 0 Å². The molecule has 214 valence electrons. The summed E-state index contributed by atoms with van der Waals surface area (Å²) in [5.41, 5.74) is 6.17. The Hall–Kier alpha value is -3.61. The van der Waals surface area contributed by atoms with Gasteiger partial charge in [-0.3, -0.25) is 19.6 Å². The van der Waals surface area contributed by atoms with Crippen LogP contribution < -0.4 is 0 Å². The molecule has 0 unspecified atom stereocenters. The van der Waals surface area contributed by atoms with Crippen molar-refractivity contribution in [2.75, 3.05) is 7.05 Å². The van der Waals surface area contributed by atoms with E-state index >= 15 is 0 Å². The molecule has 2 aromatic rings. The van der Waals surface area contributed by atoms with Crippen LogP contribution in [0.4, 0.5) is 0 Å². The van der Waals surface area contributed by atoms with Gasteiger partial charge in [0.15, 0.2) is 11.6 Å². The number of hydrogen-bond donors (Lipinski definition) is 0. The predicted octanol–water partition coefficient (Wildman–Crippen LogP) is 7.18. The Morgan fingerprint density at radius 1 is 0.974 bits per heavy atom. The van der Waals surface area contributed by atoms with E-state index in [0.717, 1.165) is 17.8 Å². The molecule has 0 radical (unpaired) electrons. The van der Waals surface area contributed by atoms with Crippen molar-refractivity contribution in [2.24, 2.45) is 15.9 Å². The number of aryl methyl sites for hydroxylation is 3. The van der Waals surface area contributed by atoms with Gasteiger partial charge in [-0.2, -0.15) is 0 Å². The summed E-state index contributed by atoms with van der Waals surface area (Å²) in [4.78, 5) is 48.6. The number of Topliss-reactive ketones (excluding diaryl/α,β-unsaturated/α-hetero) is 3. The van der Waals surface area contributed by atoms with Crippen LogP contribution in [0.1, 0.15) is 102 Å². The lowest BCUT2D eigenvalue weighted by Crippen LogP contribution is -2.06. The zero-order valence-electron chi connectivity index (χ0n) is 26.0. The summed E-state index contributed by atoms with van der Waals surface area (Å²) in [7, 11) is 1.65. The number of carbonyl (C=O) groups is 3. The first kappa shape index (κ1) is 37.5. The highest BCUT2D eigenvalue weighted by molar-refractivity contribution is 6.01. The van der Waals surface area contributed by atoms with E-state index in [2.05, 4.69) is 58.9 Å². The van der Waals surface area contributed by atoms with Crippen molar-refractivity contribution in [3.8, 4) is 0 Å². The first-order chi connectivity index (χ1) is 18.3. The van der Waals surface area contributed by atoms with E-state index in [1.807, 2.05) is 33.8 Å². The molecule has 1 heterocycles. The summed E-state index contributed by atoms with van der Waals surface area (Å²) in [6.07, 6.45) is 6.16. The van der Waals surface area contributed by atoms with E-state index in [1.54, 1.807) is 40.2 Å². The molecule has 0 atom stereocenters. The zero-order valence-corrected chi connectivity index (χ0v) is 26.0. The molecule has 0 aliphatic rings. The lowest BCUT2D eigenvalue weighted by molar-refractivity contribution is -0.117. The number of benzene rings is 1. The van der Waals surface area contributed by atoms with Crippen molar-refractivity contribution in [2.45, 2.75) is 89.0 Å². The fourth-order valence-corrected chi connectivity index (χ4v) is 2.67. The number of rotatable bonds is 8. The van der Waals surface area contributed by atoms with Gasteiger partial charge in [-0.1, -0.05) is 57.5 Å². The Labute approximate surface area is 236 Å². The minimum Gasteiger partial charge on any atom is -0.300 e. The van der Waals surface area contributed by atoms with Crippen LogP contribution in [0.2, 0.25) is 0 Å². The number of aromatic nitrogens is 2. The Morgan fingerprint density at radius 3 is 2.05 bits per heavy atom. The molecule has 0 aliphatic heterocycles. The van der Waals surface area contributed by atoms with Gasteiger partial charge in [-0.05, 0) is 59.4 Å². The van der Waals surface area contributed by atoms with Crippen LogP contribution in [0.5, 0.6) is 0 Å². The van der Waals surface area contributed by atoms with E-state index in [0.29, 0.717) is 29.2 Å². The smallest absolute Gasteiger partial charge is 0.178 e. The maximum absolute atomic E-state index is 11.1. The molecule has 39 heavy (non-hydrogen) atoms. The fourth-order valence-electron chi connectivity index (χ4n) is 2.67. The lowest BCUT2D eigenvalue weighted by Gasteiger charge is -2.02. The maximum Gasteiger partial charge on any atom is 0.178 e. The van der Waals surface area contributed by atoms with Gasteiger partial charge in [-0.15, -0.1) is 0 Å². The monoisotopic (exact) mass is 536 g/mol. The molecule has 0 N–H and O–H groups in total. The van der Waals surface area contributed by atoms with E-state index in [9.17, 15) is 14.4 Å². The van der Waals surface area contributed by atoms with Crippen molar-refractivity contribution in [1.29, 1.82) is 0 Å². The minimum absolute atomic E-state index is 0.0691. The lowest BCUT2D eigenvalue weighted by atomic mass is 10.1. The number of nitrogens with zero attached hydrogens (tertiary/aromatic N) is 4. The molecule has 1 aromatic carbocycles. The summed E-state index contributed by atoms with van der Waals surface area (Å²) in [5.74, 6) is 0.716. The number of aliphatic imine (C=N–C) groups is 2. The molecule has 7 heteroatoms. The van der Waals surface area contributed by atoms with Gasteiger partial charge in [-0.25, -0.2) is 9.97 Å². The predicted molar refractivity (Wildman–Crippen MR) is 164 cm³/mol. The molecule has 0 amide bonds. The van der Waals surface area contributed by atoms with Gasteiger partial charge in [0.05, 0.1) is 5.69 Å². The van der Waals surface area contributed by atoms with Gasteiger partial charge >= 0.3 is 0 Å². The molecule has 1 aromatic heterocycles. The van der Waals surface area contributed by atoms with E-state index in [4.69, 9.17) is 0 Å². The SMILES string of the molecule is CC.CC(=O)/C(C)=C/N=C(C)C(C)C.CC(=O)CCc1cccc(C)c1.CN=Cc1c(C)ncnc1C(C)=O. The van der Waals surface area contributed by atoms with Crippen molar-refractivity contribution >= 4 is 29.3 Å². The number of carbonyl (C=O) groups excluding carboxylic acids is 3. The van der Waals surface area contributed by atoms with Gasteiger partial charge in [0.2, 0.25) is 0 Å². The molecule has 0 fully saturated rings. The third-order valence-electron chi connectivity index (χ3n) is 5.38. The summed E-state index contributed by atoms with van der Waals surface area (Å²) in [5, 5.41) is 0. The number of allylic oxidation sites excluding steroid dienone is 1. The van der Waals surface area contributed by atoms with E-state index in [-0.39, 0.29) is 17.3 Å². The fraction of sp³-hybridized carbons (Fsp3) is 0.469. The number of hydrogen-bond acceptors (Lipinski definition) is 7. The Kier molecular flexibility index (Phi) is 20.5. The minimum atomic E-state index is -0.0691. The van der Waals surface area contributed by atoms with Crippen molar-refractivity contribution < 1.29 is 14.4 Å². The highest BCUT2D eigenvalue weighted by atomic mass is 16.1.